The molecule has 0 heterocycles. The van der Waals surface area contributed by atoms with Crippen molar-refractivity contribution in [2.45, 2.75) is 19.5 Å². The minimum absolute atomic E-state index is 0.269. The summed E-state index contributed by atoms with van der Waals surface area (Å²) in [6.07, 6.45) is -3.92. The Morgan fingerprint density at radius 2 is 2.00 bits per heavy atom. The van der Waals surface area contributed by atoms with E-state index in [1.807, 2.05) is 5.32 Å². The Morgan fingerprint density at radius 3 is 2.55 bits per heavy atom. The summed E-state index contributed by atoms with van der Waals surface area (Å²) < 4.78 is 36.5. The summed E-state index contributed by atoms with van der Waals surface area (Å²) in [5, 5.41) is 1.88. The van der Waals surface area contributed by atoms with E-state index in [1.165, 1.54) is 4.90 Å². The van der Waals surface area contributed by atoms with Crippen molar-refractivity contribution in [3.8, 4) is 0 Å². The second-order valence-electron chi connectivity index (χ2n) is 4.35. The quantitative estimate of drug-likeness (QED) is 0.874. The number of nitrogens with zero attached hydrogens (tertiary/aromatic N) is 1. The van der Waals surface area contributed by atoms with Crippen LogP contribution in [0.1, 0.15) is 12.0 Å². The maximum absolute atomic E-state index is 12.2. The monoisotopic (exact) mass is 289 g/mol. The number of carbonyl (C=O) groups is 1. The van der Waals surface area contributed by atoms with Crippen molar-refractivity contribution in [2.24, 2.45) is 5.73 Å². The van der Waals surface area contributed by atoms with E-state index in [1.54, 1.807) is 31.2 Å². The van der Waals surface area contributed by atoms with Gasteiger partial charge in [0.25, 0.3) is 0 Å². The van der Waals surface area contributed by atoms with Crippen molar-refractivity contribution in [3.05, 3.63) is 29.8 Å². The van der Waals surface area contributed by atoms with E-state index in [0.29, 0.717) is 18.7 Å². The Hall–Kier alpha value is -1.76. The average Bonchev–Trinajstić information content (AvgIpc) is 2.38. The molecular formula is C13H18F3N3O. The summed E-state index contributed by atoms with van der Waals surface area (Å²) in [5.74, 6) is 0. The molecule has 1 aromatic carbocycles. The molecule has 0 radical (unpaired) electrons. The number of carbonyl (C=O) groups excluding carboxylic acids is 1. The zero-order valence-electron chi connectivity index (χ0n) is 11.2. The van der Waals surface area contributed by atoms with E-state index >= 15 is 0 Å². The van der Waals surface area contributed by atoms with Crippen molar-refractivity contribution in [1.29, 1.82) is 0 Å². The van der Waals surface area contributed by atoms with Crippen LogP contribution in [0.2, 0.25) is 0 Å². The Kier molecular flexibility index (Phi) is 5.82. The molecule has 0 saturated carbocycles. The topological polar surface area (TPSA) is 58.4 Å². The van der Waals surface area contributed by atoms with Gasteiger partial charge in [0.05, 0.1) is 0 Å². The first-order valence-electron chi connectivity index (χ1n) is 6.23. The van der Waals surface area contributed by atoms with Crippen molar-refractivity contribution in [2.75, 3.05) is 24.5 Å². The number of hydrogen-bond donors (Lipinski definition) is 2. The molecule has 20 heavy (non-hydrogen) atoms. The van der Waals surface area contributed by atoms with Crippen LogP contribution in [0.3, 0.4) is 0 Å². The molecule has 7 heteroatoms. The number of para-hydroxylation sites is 1. The molecule has 2 amide bonds. The molecule has 0 fully saturated rings. The summed E-state index contributed by atoms with van der Waals surface area (Å²) >= 11 is 0. The number of nitrogens with one attached hydrogen (secondary N) is 1. The van der Waals surface area contributed by atoms with Crippen LogP contribution in [0, 0.1) is 6.92 Å². The van der Waals surface area contributed by atoms with E-state index in [0.717, 1.165) is 5.56 Å². The van der Waals surface area contributed by atoms with E-state index in [4.69, 9.17) is 5.73 Å². The fourth-order valence-corrected chi connectivity index (χ4v) is 1.72. The number of halogens is 3. The highest BCUT2D eigenvalue weighted by Crippen LogP contribution is 2.20. The molecule has 3 N–H and O–H groups in total. The second kappa shape index (κ2) is 7.14. The van der Waals surface area contributed by atoms with Gasteiger partial charge in [-0.15, -0.1) is 0 Å². The lowest BCUT2D eigenvalue weighted by molar-refractivity contribution is -0.122. The molecule has 1 rings (SSSR count). The van der Waals surface area contributed by atoms with Gasteiger partial charge in [-0.25, -0.2) is 4.79 Å². The van der Waals surface area contributed by atoms with Crippen molar-refractivity contribution in [1.82, 2.24) is 5.32 Å². The lowest BCUT2D eigenvalue weighted by Crippen LogP contribution is -2.44. The fraction of sp³-hybridized carbons (Fsp3) is 0.462. The Bertz CT molecular complexity index is 449. The molecule has 0 unspecified atom stereocenters. The van der Waals surface area contributed by atoms with Crippen LogP contribution < -0.4 is 16.0 Å². The lowest BCUT2D eigenvalue weighted by Gasteiger charge is -2.25. The molecule has 0 atom stereocenters. The first-order chi connectivity index (χ1) is 9.35. The van der Waals surface area contributed by atoms with Gasteiger partial charge in [0.1, 0.15) is 6.54 Å². The minimum Gasteiger partial charge on any atom is -0.330 e. The summed E-state index contributed by atoms with van der Waals surface area (Å²) in [6, 6.07) is 6.24. The maximum Gasteiger partial charge on any atom is 0.405 e. The molecule has 0 saturated heterocycles. The van der Waals surface area contributed by atoms with Gasteiger partial charge in [0, 0.05) is 12.2 Å². The largest absolute Gasteiger partial charge is 0.405 e. The predicted octanol–water partition coefficient (Wildman–Crippen LogP) is 2.42. The number of amides is 2. The van der Waals surface area contributed by atoms with Gasteiger partial charge in [-0.05, 0) is 31.5 Å². The highest BCUT2D eigenvalue weighted by molar-refractivity contribution is 5.92. The van der Waals surface area contributed by atoms with Gasteiger partial charge in [-0.3, -0.25) is 4.90 Å². The number of alkyl halides is 3. The minimum atomic E-state index is -4.43. The first-order valence-corrected chi connectivity index (χ1v) is 6.23. The van der Waals surface area contributed by atoms with E-state index in [-0.39, 0.29) is 6.54 Å². The van der Waals surface area contributed by atoms with Gasteiger partial charge in [-0.1, -0.05) is 18.2 Å². The normalized spacial score (nSPS) is 11.2. The van der Waals surface area contributed by atoms with Crippen LogP contribution in [-0.4, -0.2) is 31.8 Å². The second-order valence-corrected chi connectivity index (χ2v) is 4.35. The third-order valence-electron chi connectivity index (χ3n) is 2.68. The zero-order valence-corrected chi connectivity index (χ0v) is 11.2. The van der Waals surface area contributed by atoms with Crippen LogP contribution in [0.25, 0.3) is 0 Å². The van der Waals surface area contributed by atoms with Crippen LogP contribution in [-0.2, 0) is 0 Å². The summed E-state index contributed by atoms with van der Waals surface area (Å²) in [6.45, 7) is 1.07. The molecule has 0 aliphatic carbocycles. The van der Waals surface area contributed by atoms with Gasteiger partial charge in [0.15, 0.2) is 0 Å². The predicted molar refractivity (Wildman–Crippen MR) is 71.7 cm³/mol. The lowest BCUT2D eigenvalue weighted by atomic mass is 10.2. The molecule has 0 bridgehead atoms. The van der Waals surface area contributed by atoms with Crippen LogP contribution in [0.4, 0.5) is 23.7 Å². The molecule has 0 aromatic heterocycles. The molecule has 4 nitrogen and oxygen atoms in total. The summed E-state index contributed by atoms with van der Waals surface area (Å²) in [4.78, 5) is 13.2. The summed E-state index contributed by atoms with van der Waals surface area (Å²) in [7, 11) is 0. The maximum atomic E-state index is 12.2. The number of anilines is 1. The molecule has 112 valence electrons. The van der Waals surface area contributed by atoms with E-state index < -0.39 is 18.8 Å². The molecular weight excluding hydrogens is 271 g/mol. The highest BCUT2D eigenvalue weighted by Gasteiger charge is 2.29. The smallest absolute Gasteiger partial charge is 0.330 e. The Morgan fingerprint density at radius 1 is 1.35 bits per heavy atom. The highest BCUT2D eigenvalue weighted by atomic mass is 19.4. The average molecular weight is 289 g/mol. The van der Waals surface area contributed by atoms with Crippen LogP contribution >= 0.6 is 0 Å². The number of aryl methyl sites for hydroxylation is 1. The first kappa shape index (κ1) is 16.3. The standard InChI is InChI=1S/C13H18F3N3O/c1-10-5-2-3-6-11(10)19(8-4-7-17)12(20)18-9-13(14,15)16/h2-3,5-6H,4,7-9,17H2,1H3,(H,18,20). The fourth-order valence-electron chi connectivity index (χ4n) is 1.72. The van der Waals surface area contributed by atoms with Crippen molar-refractivity contribution >= 4 is 11.7 Å². The van der Waals surface area contributed by atoms with Gasteiger partial charge in [-0.2, -0.15) is 13.2 Å². The van der Waals surface area contributed by atoms with Crippen molar-refractivity contribution in [3.63, 3.8) is 0 Å². The molecule has 0 aliphatic rings. The zero-order chi connectivity index (χ0) is 15.2. The third kappa shape index (κ3) is 5.08. The molecule has 0 aliphatic heterocycles. The van der Waals surface area contributed by atoms with Gasteiger partial charge < -0.3 is 11.1 Å². The third-order valence-corrected chi connectivity index (χ3v) is 2.68. The number of urea groups is 1. The SMILES string of the molecule is Cc1ccccc1N(CCCN)C(=O)NCC(F)(F)F. The molecule has 1 aromatic rings. The van der Waals surface area contributed by atoms with Crippen LogP contribution in [0.15, 0.2) is 24.3 Å². The van der Waals surface area contributed by atoms with Crippen LogP contribution in [0.5, 0.6) is 0 Å². The van der Waals surface area contributed by atoms with Gasteiger partial charge in [0.2, 0.25) is 0 Å². The Labute approximate surface area is 115 Å². The van der Waals surface area contributed by atoms with E-state index in [2.05, 4.69) is 0 Å². The summed E-state index contributed by atoms with van der Waals surface area (Å²) in [5.41, 5.74) is 6.79. The van der Waals surface area contributed by atoms with Gasteiger partial charge >= 0.3 is 12.2 Å². The number of hydrogen-bond acceptors (Lipinski definition) is 2. The number of nitrogens with two attached hydrogens (primary N) is 1. The molecule has 0 spiro atoms. The van der Waals surface area contributed by atoms with E-state index in [9.17, 15) is 18.0 Å². The van der Waals surface area contributed by atoms with Crippen molar-refractivity contribution < 1.29 is 18.0 Å². The number of rotatable bonds is 5. The Balaban J connectivity index is 2.84. The number of benzene rings is 1.